The van der Waals surface area contributed by atoms with Gasteiger partial charge in [0.2, 0.25) is 0 Å². The molecule has 0 saturated heterocycles. The Morgan fingerprint density at radius 1 is 0.944 bits per heavy atom. The van der Waals surface area contributed by atoms with E-state index in [1.807, 2.05) is 60.7 Å². The zero-order valence-corrected chi connectivity index (χ0v) is 19.7. The van der Waals surface area contributed by atoms with Crippen LogP contribution < -0.4 is 15.6 Å². The van der Waals surface area contributed by atoms with E-state index in [1.165, 1.54) is 0 Å². The van der Waals surface area contributed by atoms with E-state index in [4.69, 9.17) is 4.74 Å². The molecule has 0 saturated carbocycles. The molecule has 5 rings (SSSR count). The number of pyridine rings is 1. The predicted octanol–water partition coefficient (Wildman–Crippen LogP) is 4.60. The minimum Gasteiger partial charge on any atom is -0.487 e. The molecule has 0 radical (unpaired) electrons. The number of hydrogen-bond acceptors (Lipinski definition) is 5. The van der Waals surface area contributed by atoms with Crippen LogP contribution in [0.4, 0.5) is 0 Å². The van der Waals surface area contributed by atoms with Gasteiger partial charge in [-0.2, -0.15) is 0 Å². The van der Waals surface area contributed by atoms with Gasteiger partial charge in [-0.3, -0.25) is 19.1 Å². The fraction of sp³-hybridized carbons (Fsp3) is 0.103. The van der Waals surface area contributed by atoms with E-state index in [0.717, 1.165) is 11.3 Å². The summed E-state index contributed by atoms with van der Waals surface area (Å²) in [6.07, 6.45) is 1.73. The largest absolute Gasteiger partial charge is 0.487 e. The minimum atomic E-state index is -0.206. The summed E-state index contributed by atoms with van der Waals surface area (Å²) in [5.74, 6) is 1.09. The molecule has 36 heavy (non-hydrogen) atoms. The lowest BCUT2D eigenvalue weighted by Crippen LogP contribution is -2.24. The predicted molar refractivity (Wildman–Crippen MR) is 138 cm³/mol. The number of para-hydroxylation sites is 1. The highest BCUT2D eigenvalue weighted by atomic mass is 16.5. The first kappa shape index (κ1) is 23.0. The van der Waals surface area contributed by atoms with Crippen molar-refractivity contribution < 1.29 is 9.53 Å². The summed E-state index contributed by atoms with van der Waals surface area (Å²) in [7, 11) is 0. The molecule has 178 valence electrons. The van der Waals surface area contributed by atoms with Crippen LogP contribution in [0.3, 0.4) is 0 Å². The van der Waals surface area contributed by atoms with E-state index in [-0.39, 0.29) is 11.5 Å². The van der Waals surface area contributed by atoms with Crippen LogP contribution in [-0.4, -0.2) is 20.4 Å². The van der Waals surface area contributed by atoms with Crippen LogP contribution in [0.1, 0.15) is 27.4 Å². The van der Waals surface area contributed by atoms with Gasteiger partial charge in [-0.15, -0.1) is 0 Å². The van der Waals surface area contributed by atoms with Gasteiger partial charge in [-0.25, -0.2) is 4.98 Å². The maximum absolute atomic E-state index is 13.0. The zero-order chi connectivity index (χ0) is 24.9. The summed E-state index contributed by atoms with van der Waals surface area (Å²) in [4.78, 5) is 34.5. The van der Waals surface area contributed by atoms with Gasteiger partial charge in [0.25, 0.3) is 11.5 Å². The molecule has 0 aliphatic carbocycles. The van der Waals surface area contributed by atoms with Gasteiger partial charge < -0.3 is 10.1 Å². The lowest BCUT2D eigenvalue weighted by molar-refractivity contribution is 0.0951. The van der Waals surface area contributed by atoms with Crippen LogP contribution in [-0.2, 0) is 13.2 Å². The molecule has 0 spiro atoms. The topological polar surface area (TPSA) is 86.1 Å². The monoisotopic (exact) mass is 476 g/mol. The smallest absolute Gasteiger partial charge is 0.265 e. The summed E-state index contributed by atoms with van der Waals surface area (Å²) in [6.45, 7) is 2.52. The number of aromatic nitrogens is 3. The summed E-state index contributed by atoms with van der Waals surface area (Å²) >= 11 is 0. The third kappa shape index (κ3) is 5.00. The highest BCUT2D eigenvalue weighted by Gasteiger charge is 2.11. The van der Waals surface area contributed by atoms with Crippen molar-refractivity contribution in [1.82, 2.24) is 19.9 Å². The molecule has 0 bridgehead atoms. The van der Waals surface area contributed by atoms with Crippen molar-refractivity contribution in [2.24, 2.45) is 0 Å². The van der Waals surface area contributed by atoms with Gasteiger partial charge in [0.1, 0.15) is 18.2 Å². The van der Waals surface area contributed by atoms with E-state index in [9.17, 15) is 9.59 Å². The maximum Gasteiger partial charge on any atom is 0.265 e. The van der Waals surface area contributed by atoms with Gasteiger partial charge in [-0.1, -0.05) is 30.3 Å². The second-order valence-corrected chi connectivity index (χ2v) is 8.30. The lowest BCUT2D eigenvalue weighted by Gasteiger charge is -2.12. The van der Waals surface area contributed by atoms with Gasteiger partial charge in [-0.05, 0) is 73.2 Å². The Morgan fingerprint density at radius 3 is 2.56 bits per heavy atom. The SMILES string of the molecule is Cc1nc2ccccc2c(=O)n1-c1ccc(C(=O)NCc2cccc(OCc3ccccn3)c2)cc1. The van der Waals surface area contributed by atoms with Gasteiger partial charge in [0.05, 0.1) is 22.3 Å². The number of carbonyl (C=O) groups is 1. The standard InChI is InChI=1S/C29H24N4O3/c1-20-32-27-11-3-2-10-26(27)29(35)33(20)24-14-12-22(13-15-24)28(34)31-18-21-7-6-9-25(17-21)36-19-23-8-4-5-16-30-23/h2-17H,18-19H2,1H3,(H,31,34). The number of benzene rings is 3. The molecule has 2 heterocycles. The number of ether oxygens (including phenoxy) is 1. The highest BCUT2D eigenvalue weighted by Crippen LogP contribution is 2.16. The second kappa shape index (κ2) is 10.2. The van der Waals surface area contributed by atoms with Crippen molar-refractivity contribution in [2.75, 3.05) is 0 Å². The third-order valence-corrected chi connectivity index (χ3v) is 5.80. The van der Waals surface area contributed by atoms with Crippen LogP contribution in [0.15, 0.2) is 102 Å². The van der Waals surface area contributed by atoms with Crippen molar-refractivity contribution in [3.8, 4) is 11.4 Å². The fourth-order valence-electron chi connectivity index (χ4n) is 3.98. The van der Waals surface area contributed by atoms with Crippen LogP contribution in [0.25, 0.3) is 16.6 Å². The molecule has 0 unspecified atom stereocenters. The van der Waals surface area contributed by atoms with Crippen LogP contribution in [0, 0.1) is 6.92 Å². The highest BCUT2D eigenvalue weighted by molar-refractivity contribution is 5.94. The summed E-state index contributed by atoms with van der Waals surface area (Å²) in [5, 5.41) is 3.49. The van der Waals surface area contributed by atoms with E-state index >= 15 is 0 Å². The molecular formula is C29H24N4O3. The fourth-order valence-corrected chi connectivity index (χ4v) is 3.98. The number of carbonyl (C=O) groups excluding carboxylic acids is 1. The first-order valence-corrected chi connectivity index (χ1v) is 11.6. The molecule has 0 atom stereocenters. The Balaban J connectivity index is 1.25. The van der Waals surface area contributed by atoms with E-state index in [2.05, 4.69) is 15.3 Å². The Labute approximate surface area is 208 Å². The quantitative estimate of drug-likeness (QED) is 0.371. The normalized spacial score (nSPS) is 10.8. The minimum absolute atomic E-state index is 0.138. The molecule has 0 aliphatic heterocycles. The number of rotatable bonds is 7. The van der Waals surface area contributed by atoms with Crippen LogP contribution >= 0.6 is 0 Å². The van der Waals surface area contributed by atoms with Crippen molar-refractivity contribution in [3.63, 3.8) is 0 Å². The molecule has 0 aliphatic rings. The summed E-state index contributed by atoms with van der Waals surface area (Å²) in [5.41, 5.74) is 3.45. The second-order valence-electron chi connectivity index (χ2n) is 8.30. The molecule has 5 aromatic rings. The number of nitrogens with zero attached hydrogens (tertiary/aromatic N) is 3. The number of aryl methyl sites for hydroxylation is 1. The number of hydrogen-bond donors (Lipinski definition) is 1. The Kier molecular flexibility index (Phi) is 6.53. The van der Waals surface area contributed by atoms with Gasteiger partial charge in [0.15, 0.2) is 0 Å². The zero-order valence-electron chi connectivity index (χ0n) is 19.7. The molecule has 7 heteroatoms. The van der Waals surface area contributed by atoms with Crippen molar-refractivity contribution in [2.45, 2.75) is 20.1 Å². The molecule has 0 fully saturated rings. The number of amides is 1. The molecule has 3 aromatic carbocycles. The van der Waals surface area contributed by atoms with Crippen LogP contribution in [0.2, 0.25) is 0 Å². The first-order chi connectivity index (χ1) is 17.6. The first-order valence-electron chi connectivity index (χ1n) is 11.6. The van der Waals surface area contributed by atoms with E-state index in [0.29, 0.717) is 46.9 Å². The molecule has 2 aromatic heterocycles. The Hall–Kier alpha value is -4.78. The number of fused-ring (bicyclic) bond motifs is 1. The third-order valence-electron chi connectivity index (χ3n) is 5.80. The Morgan fingerprint density at radius 2 is 1.75 bits per heavy atom. The average molecular weight is 477 g/mol. The maximum atomic E-state index is 13.0. The van der Waals surface area contributed by atoms with Gasteiger partial charge in [0, 0.05) is 18.3 Å². The van der Waals surface area contributed by atoms with Crippen molar-refractivity contribution in [1.29, 1.82) is 0 Å². The average Bonchev–Trinajstić information content (AvgIpc) is 2.92. The lowest BCUT2D eigenvalue weighted by atomic mass is 10.1. The van der Waals surface area contributed by atoms with Crippen LogP contribution in [0.5, 0.6) is 5.75 Å². The molecular weight excluding hydrogens is 452 g/mol. The summed E-state index contributed by atoms with van der Waals surface area (Å²) in [6, 6.07) is 27.5. The molecule has 1 N–H and O–H groups in total. The van der Waals surface area contributed by atoms with Crippen molar-refractivity contribution >= 4 is 16.8 Å². The van der Waals surface area contributed by atoms with Crippen molar-refractivity contribution in [3.05, 3.63) is 130 Å². The molecule has 7 nitrogen and oxygen atoms in total. The van der Waals surface area contributed by atoms with E-state index in [1.54, 1.807) is 48.0 Å². The number of nitrogens with one attached hydrogen (secondary N) is 1. The molecule has 1 amide bonds. The summed E-state index contributed by atoms with van der Waals surface area (Å²) < 4.78 is 7.37. The Bertz CT molecular complexity index is 1580. The van der Waals surface area contributed by atoms with Gasteiger partial charge >= 0.3 is 0 Å². The van der Waals surface area contributed by atoms with E-state index < -0.39 is 0 Å².